The lowest BCUT2D eigenvalue weighted by atomic mass is 10.2. The Labute approximate surface area is 191 Å². The van der Waals surface area contributed by atoms with Gasteiger partial charge in [0.1, 0.15) is 5.75 Å². The minimum absolute atomic E-state index is 0.728. The number of thioether (sulfide) groups is 1. The third kappa shape index (κ3) is 4.87. The summed E-state index contributed by atoms with van der Waals surface area (Å²) in [5.41, 5.74) is 4.08. The fraction of sp³-hybridized carbons (Fsp3) is 0.143. The van der Waals surface area contributed by atoms with Gasteiger partial charge >= 0.3 is 0 Å². The van der Waals surface area contributed by atoms with Crippen LogP contribution in [-0.4, -0.2) is 7.11 Å². The van der Waals surface area contributed by atoms with E-state index in [1.54, 1.807) is 7.11 Å². The molecule has 31 heavy (non-hydrogen) atoms. The number of hydrogen-bond donors (Lipinski definition) is 0. The van der Waals surface area contributed by atoms with E-state index in [9.17, 15) is 0 Å². The molecule has 0 heterocycles. The molecular weight excluding hydrogens is 415 g/mol. The lowest BCUT2D eigenvalue weighted by Crippen LogP contribution is -2.24. The van der Waals surface area contributed by atoms with Crippen LogP contribution in [0.5, 0.6) is 5.75 Å². The number of hydrogen-bond acceptors (Lipinski definition) is 2. The van der Waals surface area contributed by atoms with Crippen molar-refractivity contribution < 1.29 is 4.74 Å². The van der Waals surface area contributed by atoms with E-state index >= 15 is 0 Å². The maximum atomic E-state index is 5.78. The molecule has 0 fully saturated rings. The summed E-state index contributed by atoms with van der Waals surface area (Å²) >= 11 is 1.94. The first-order valence-corrected chi connectivity index (χ1v) is 12.8. The molecule has 0 saturated heterocycles. The third-order valence-corrected chi connectivity index (χ3v) is 9.33. The van der Waals surface area contributed by atoms with E-state index in [4.69, 9.17) is 4.74 Å². The smallest absolute Gasteiger partial charge is 0.127 e. The Balaban J connectivity index is 1.78. The van der Waals surface area contributed by atoms with Gasteiger partial charge in [-0.15, -0.1) is 11.8 Å². The Morgan fingerprint density at radius 1 is 0.677 bits per heavy atom. The maximum Gasteiger partial charge on any atom is 0.127 e. The van der Waals surface area contributed by atoms with Crippen LogP contribution in [0.2, 0.25) is 0 Å². The minimum atomic E-state index is -0.728. The van der Waals surface area contributed by atoms with Gasteiger partial charge in [-0.3, -0.25) is 0 Å². The molecule has 0 bridgehead atoms. The molecule has 0 saturated carbocycles. The summed E-state index contributed by atoms with van der Waals surface area (Å²) in [5.74, 6) is 1.90. The van der Waals surface area contributed by atoms with Gasteiger partial charge in [0, 0.05) is 16.0 Å². The number of para-hydroxylation sites is 1. The van der Waals surface area contributed by atoms with Gasteiger partial charge < -0.3 is 4.74 Å². The number of rotatable bonds is 7. The van der Waals surface area contributed by atoms with Crippen molar-refractivity contribution in [2.45, 2.75) is 24.5 Å². The fourth-order valence-electron chi connectivity index (χ4n) is 3.83. The molecule has 0 amide bonds. The topological polar surface area (TPSA) is 9.23 Å². The van der Waals surface area contributed by atoms with Crippen LogP contribution in [-0.2, 0) is 5.75 Å². The lowest BCUT2D eigenvalue weighted by molar-refractivity contribution is 0.418. The van der Waals surface area contributed by atoms with Gasteiger partial charge in [-0.05, 0) is 55.1 Å². The van der Waals surface area contributed by atoms with E-state index in [2.05, 4.69) is 105 Å². The van der Waals surface area contributed by atoms with Gasteiger partial charge in [-0.2, -0.15) is 0 Å². The van der Waals surface area contributed by atoms with E-state index < -0.39 is 7.92 Å². The Morgan fingerprint density at radius 3 is 2.00 bits per heavy atom. The summed E-state index contributed by atoms with van der Waals surface area (Å²) in [6.45, 7) is 4.40. The van der Waals surface area contributed by atoms with Crippen molar-refractivity contribution >= 4 is 35.6 Å². The Kier molecular flexibility index (Phi) is 7.12. The first-order valence-electron chi connectivity index (χ1n) is 10.4. The average molecular weight is 443 g/mol. The normalized spacial score (nSPS) is 11.8. The third-order valence-electron chi connectivity index (χ3n) is 5.35. The number of benzene rings is 4. The summed E-state index contributed by atoms with van der Waals surface area (Å²) in [5, 5.41) is 3.99. The quantitative estimate of drug-likeness (QED) is 0.243. The molecule has 4 rings (SSSR count). The Bertz CT molecular complexity index is 1140. The first-order chi connectivity index (χ1) is 15.2. The zero-order chi connectivity index (χ0) is 21.6. The second kappa shape index (κ2) is 10.2. The number of aryl methyl sites for hydroxylation is 2. The highest BCUT2D eigenvalue weighted by Gasteiger charge is 2.22. The van der Waals surface area contributed by atoms with Crippen LogP contribution in [0.4, 0.5) is 0 Å². The maximum absolute atomic E-state index is 5.78. The van der Waals surface area contributed by atoms with Crippen molar-refractivity contribution in [2.24, 2.45) is 0 Å². The first kappa shape index (κ1) is 21.7. The summed E-state index contributed by atoms with van der Waals surface area (Å²) in [6, 6.07) is 34.7. The van der Waals surface area contributed by atoms with E-state index in [1.807, 2.05) is 17.8 Å². The summed E-state index contributed by atoms with van der Waals surface area (Å²) in [7, 11) is 1.04. The Hall–Kier alpha value is -2.54. The highest BCUT2D eigenvalue weighted by Crippen LogP contribution is 2.39. The lowest BCUT2D eigenvalue weighted by Gasteiger charge is -2.24. The predicted molar refractivity (Wildman–Crippen MR) is 137 cm³/mol. The SMILES string of the molecule is COc1ccccc1P(c1ccccc1)c1ccccc1CSc1c(C)cccc1C. The molecule has 3 heteroatoms. The van der Waals surface area contributed by atoms with Crippen LogP contribution in [0.25, 0.3) is 0 Å². The van der Waals surface area contributed by atoms with Gasteiger partial charge in [-0.1, -0.05) is 91.0 Å². The highest BCUT2D eigenvalue weighted by molar-refractivity contribution is 7.98. The van der Waals surface area contributed by atoms with Gasteiger partial charge in [-0.25, -0.2) is 0 Å². The molecular formula is C28H27OPS. The minimum Gasteiger partial charge on any atom is -0.496 e. The van der Waals surface area contributed by atoms with Gasteiger partial charge in [0.2, 0.25) is 0 Å². The summed E-state index contributed by atoms with van der Waals surface area (Å²) < 4.78 is 5.78. The van der Waals surface area contributed by atoms with Crippen molar-refractivity contribution in [1.82, 2.24) is 0 Å². The molecule has 0 aliphatic heterocycles. The Morgan fingerprint density at radius 2 is 1.29 bits per heavy atom. The van der Waals surface area contributed by atoms with Crippen molar-refractivity contribution in [1.29, 1.82) is 0 Å². The van der Waals surface area contributed by atoms with Crippen LogP contribution in [0.15, 0.2) is 102 Å². The summed E-state index contributed by atoms with van der Waals surface area (Å²) in [6.07, 6.45) is 0. The molecule has 4 aromatic rings. The van der Waals surface area contributed by atoms with E-state index in [0.717, 1.165) is 11.5 Å². The molecule has 0 aliphatic rings. The van der Waals surface area contributed by atoms with Crippen LogP contribution in [0, 0.1) is 13.8 Å². The monoisotopic (exact) mass is 442 g/mol. The van der Waals surface area contributed by atoms with Crippen molar-refractivity contribution in [2.75, 3.05) is 7.11 Å². The standard InChI is InChI=1S/C28H27OPS/c1-21-12-11-13-22(2)28(21)31-20-23-14-7-9-18-26(23)30(24-15-5-4-6-16-24)27-19-10-8-17-25(27)29-3/h4-19H,20H2,1-3H3. The molecule has 0 N–H and O–H groups in total. The number of methoxy groups -OCH3 is 1. The van der Waals surface area contributed by atoms with Crippen molar-refractivity contribution in [3.05, 3.63) is 114 Å². The molecule has 0 aliphatic carbocycles. The van der Waals surface area contributed by atoms with Gasteiger partial charge in [0.05, 0.1) is 7.11 Å². The van der Waals surface area contributed by atoms with E-state index in [-0.39, 0.29) is 0 Å². The molecule has 0 aromatic heterocycles. The number of ether oxygens (including phenoxy) is 1. The van der Waals surface area contributed by atoms with Crippen molar-refractivity contribution in [3.8, 4) is 5.75 Å². The molecule has 156 valence electrons. The van der Waals surface area contributed by atoms with Crippen molar-refractivity contribution in [3.63, 3.8) is 0 Å². The second-order valence-electron chi connectivity index (χ2n) is 7.48. The van der Waals surface area contributed by atoms with E-state index in [1.165, 1.54) is 37.5 Å². The zero-order valence-corrected chi connectivity index (χ0v) is 19.9. The van der Waals surface area contributed by atoms with Gasteiger partial charge in [0.25, 0.3) is 0 Å². The zero-order valence-electron chi connectivity index (χ0n) is 18.2. The molecule has 1 atom stereocenters. The fourth-order valence-corrected chi connectivity index (χ4v) is 7.66. The summed E-state index contributed by atoms with van der Waals surface area (Å²) in [4.78, 5) is 1.39. The van der Waals surface area contributed by atoms with Crippen LogP contribution in [0.1, 0.15) is 16.7 Å². The molecule has 0 spiro atoms. The molecule has 4 aromatic carbocycles. The average Bonchev–Trinajstić information content (AvgIpc) is 2.81. The molecule has 1 nitrogen and oxygen atoms in total. The van der Waals surface area contributed by atoms with Gasteiger partial charge in [0.15, 0.2) is 0 Å². The second-order valence-corrected chi connectivity index (χ2v) is 10.6. The van der Waals surface area contributed by atoms with E-state index in [0.29, 0.717) is 0 Å². The molecule has 1 unspecified atom stereocenters. The van der Waals surface area contributed by atoms with Crippen LogP contribution < -0.4 is 20.7 Å². The van der Waals surface area contributed by atoms with Crippen LogP contribution in [0.3, 0.4) is 0 Å². The highest BCUT2D eigenvalue weighted by atomic mass is 32.2. The van der Waals surface area contributed by atoms with Crippen LogP contribution >= 0.6 is 19.7 Å². The largest absolute Gasteiger partial charge is 0.496 e. The molecule has 0 radical (unpaired) electrons. The predicted octanol–water partition coefficient (Wildman–Crippen LogP) is 6.36.